The molecule has 0 saturated heterocycles. The molecule has 0 saturated carbocycles. The summed E-state index contributed by atoms with van der Waals surface area (Å²) in [6.07, 6.45) is 0. The third-order valence-electron chi connectivity index (χ3n) is 2.69. The fourth-order valence-corrected chi connectivity index (χ4v) is 2.82. The summed E-state index contributed by atoms with van der Waals surface area (Å²) in [7, 11) is 0. The summed E-state index contributed by atoms with van der Waals surface area (Å²) in [5.74, 6) is -0.431. The molecule has 2 N–H and O–H groups in total. The van der Waals surface area contributed by atoms with E-state index >= 15 is 0 Å². The molecule has 1 aliphatic rings. The maximum Gasteiger partial charge on any atom is 0.341 e. The van der Waals surface area contributed by atoms with Crippen LogP contribution in [0.2, 0.25) is 0 Å². The fraction of sp³-hybridized carbons (Fsp3) is 0.0714. The first-order valence-corrected chi connectivity index (χ1v) is 6.56. The van der Waals surface area contributed by atoms with Gasteiger partial charge in [-0.3, -0.25) is 0 Å². The Morgan fingerprint density at radius 3 is 2.79 bits per heavy atom. The minimum Gasteiger partial charge on any atom is -0.482 e. The van der Waals surface area contributed by atoms with Gasteiger partial charge in [-0.15, -0.1) is 0 Å². The number of para-hydroxylation sites is 1. The smallest absolute Gasteiger partial charge is 0.341 e. The third-order valence-corrected chi connectivity index (χ3v) is 3.84. The number of anilines is 2. The van der Waals surface area contributed by atoms with E-state index in [4.69, 9.17) is 9.84 Å². The lowest BCUT2D eigenvalue weighted by molar-refractivity contribution is -0.139. The van der Waals surface area contributed by atoms with Crippen molar-refractivity contribution in [3.63, 3.8) is 0 Å². The van der Waals surface area contributed by atoms with Crippen molar-refractivity contribution in [3.05, 3.63) is 42.5 Å². The van der Waals surface area contributed by atoms with Gasteiger partial charge in [-0.2, -0.15) is 0 Å². The van der Waals surface area contributed by atoms with E-state index < -0.39 is 5.97 Å². The lowest BCUT2D eigenvalue weighted by Gasteiger charge is -2.21. The molecule has 0 aromatic heterocycles. The maximum atomic E-state index is 10.5. The predicted molar refractivity (Wildman–Crippen MR) is 73.4 cm³/mol. The highest BCUT2D eigenvalue weighted by molar-refractivity contribution is 7.99. The van der Waals surface area contributed by atoms with Crippen LogP contribution in [0.5, 0.6) is 5.75 Å². The summed E-state index contributed by atoms with van der Waals surface area (Å²) >= 11 is 1.68. The Hall–Kier alpha value is -2.14. The molecular formula is C14H11NO3S. The van der Waals surface area contributed by atoms with Gasteiger partial charge in [0.25, 0.3) is 0 Å². The molecule has 0 unspecified atom stereocenters. The summed E-state index contributed by atoms with van der Waals surface area (Å²) in [5.41, 5.74) is 1.99. The molecule has 1 heterocycles. The van der Waals surface area contributed by atoms with Crippen LogP contribution >= 0.6 is 11.8 Å². The highest BCUT2D eigenvalue weighted by atomic mass is 32.2. The average molecular weight is 273 g/mol. The number of fused-ring (bicyclic) bond motifs is 2. The van der Waals surface area contributed by atoms with Crippen LogP contribution in [0.25, 0.3) is 0 Å². The Balaban J connectivity index is 1.85. The number of hydrogen-bond acceptors (Lipinski definition) is 4. The number of hydrogen-bond donors (Lipinski definition) is 2. The number of rotatable bonds is 3. The van der Waals surface area contributed by atoms with E-state index in [0.29, 0.717) is 5.75 Å². The van der Waals surface area contributed by atoms with Gasteiger partial charge >= 0.3 is 5.97 Å². The van der Waals surface area contributed by atoms with Gasteiger partial charge in [-0.25, -0.2) is 4.79 Å². The Labute approximate surface area is 114 Å². The Morgan fingerprint density at radius 2 is 1.95 bits per heavy atom. The molecule has 0 atom stereocenters. The van der Waals surface area contributed by atoms with E-state index in [2.05, 4.69) is 11.4 Å². The van der Waals surface area contributed by atoms with Crippen LogP contribution in [0.3, 0.4) is 0 Å². The topological polar surface area (TPSA) is 58.6 Å². The van der Waals surface area contributed by atoms with E-state index in [-0.39, 0.29) is 6.61 Å². The summed E-state index contributed by atoms with van der Waals surface area (Å²) in [6, 6.07) is 13.6. The second kappa shape index (κ2) is 4.85. The molecule has 4 nitrogen and oxygen atoms in total. The van der Waals surface area contributed by atoms with Gasteiger partial charge in [0.2, 0.25) is 0 Å². The highest BCUT2D eigenvalue weighted by Crippen LogP contribution is 2.44. The molecule has 0 fully saturated rings. The quantitative estimate of drug-likeness (QED) is 0.766. The van der Waals surface area contributed by atoms with Crippen LogP contribution < -0.4 is 10.1 Å². The van der Waals surface area contributed by atoms with Crippen molar-refractivity contribution in [2.24, 2.45) is 0 Å². The van der Waals surface area contributed by atoms with Crippen molar-refractivity contribution < 1.29 is 14.6 Å². The standard InChI is InChI=1S/C14H11NO3S/c16-14(17)8-18-9-5-6-13-11(7-9)15-10-3-1-2-4-12(10)19-13/h1-7,15H,8H2,(H,16,17). The Morgan fingerprint density at radius 1 is 1.16 bits per heavy atom. The van der Waals surface area contributed by atoms with Gasteiger partial charge in [-0.05, 0) is 24.3 Å². The normalized spacial score (nSPS) is 12.0. The number of ether oxygens (including phenoxy) is 1. The van der Waals surface area contributed by atoms with E-state index in [9.17, 15) is 4.79 Å². The number of aliphatic carboxylic acids is 1. The molecule has 5 heteroatoms. The number of carboxylic acids is 1. The zero-order valence-corrected chi connectivity index (χ0v) is 10.7. The molecular weight excluding hydrogens is 262 g/mol. The molecule has 19 heavy (non-hydrogen) atoms. The van der Waals surface area contributed by atoms with Crippen molar-refractivity contribution in [1.29, 1.82) is 0 Å². The number of nitrogens with one attached hydrogen (secondary N) is 1. The van der Waals surface area contributed by atoms with E-state index in [1.807, 2.05) is 30.3 Å². The van der Waals surface area contributed by atoms with Crippen LogP contribution in [-0.2, 0) is 4.79 Å². The van der Waals surface area contributed by atoms with Crippen molar-refractivity contribution >= 4 is 29.1 Å². The number of carboxylic acid groups (broad SMARTS) is 1. The molecule has 2 aromatic rings. The Kier molecular flexibility index (Phi) is 3.05. The summed E-state index contributed by atoms with van der Waals surface area (Å²) in [4.78, 5) is 12.8. The molecule has 2 aromatic carbocycles. The van der Waals surface area contributed by atoms with Crippen molar-refractivity contribution in [2.75, 3.05) is 11.9 Å². The first-order chi connectivity index (χ1) is 9.22. The van der Waals surface area contributed by atoms with Gasteiger partial charge in [0.05, 0.1) is 11.4 Å². The fourth-order valence-electron chi connectivity index (χ4n) is 1.85. The molecule has 0 spiro atoms. The second-order valence-electron chi connectivity index (χ2n) is 4.06. The lowest BCUT2D eigenvalue weighted by Crippen LogP contribution is -2.09. The molecule has 0 radical (unpaired) electrons. The van der Waals surface area contributed by atoms with Crippen LogP contribution in [0.1, 0.15) is 0 Å². The van der Waals surface area contributed by atoms with Crippen LogP contribution in [0.15, 0.2) is 52.3 Å². The van der Waals surface area contributed by atoms with Crippen LogP contribution in [0, 0.1) is 0 Å². The van der Waals surface area contributed by atoms with Crippen molar-refractivity contribution in [2.45, 2.75) is 9.79 Å². The molecule has 1 aliphatic heterocycles. The largest absolute Gasteiger partial charge is 0.482 e. The summed E-state index contributed by atoms with van der Waals surface area (Å²) in [5, 5.41) is 11.9. The van der Waals surface area contributed by atoms with Crippen LogP contribution in [-0.4, -0.2) is 17.7 Å². The first-order valence-electron chi connectivity index (χ1n) is 5.75. The lowest BCUT2D eigenvalue weighted by atomic mass is 10.2. The Bertz CT molecular complexity index is 642. The SMILES string of the molecule is O=C(O)COc1ccc2c(c1)Nc1ccccc1S2. The zero-order chi connectivity index (χ0) is 13.2. The second-order valence-corrected chi connectivity index (χ2v) is 5.15. The maximum absolute atomic E-state index is 10.5. The molecule has 3 rings (SSSR count). The average Bonchev–Trinajstić information content (AvgIpc) is 2.42. The molecule has 0 bridgehead atoms. The molecule has 96 valence electrons. The van der Waals surface area contributed by atoms with Gasteiger partial charge in [0.1, 0.15) is 5.75 Å². The van der Waals surface area contributed by atoms with Gasteiger partial charge < -0.3 is 15.2 Å². The minimum absolute atomic E-state index is 0.331. The third kappa shape index (κ3) is 2.51. The molecule has 0 aliphatic carbocycles. The van der Waals surface area contributed by atoms with Crippen molar-refractivity contribution in [1.82, 2.24) is 0 Å². The van der Waals surface area contributed by atoms with Gasteiger partial charge in [-0.1, -0.05) is 23.9 Å². The predicted octanol–water partition coefficient (Wildman–Crippen LogP) is 3.36. The van der Waals surface area contributed by atoms with E-state index in [1.54, 1.807) is 17.8 Å². The minimum atomic E-state index is -0.981. The van der Waals surface area contributed by atoms with E-state index in [1.165, 1.54) is 4.90 Å². The highest BCUT2D eigenvalue weighted by Gasteiger charge is 2.15. The van der Waals surface area contributed by atoms with E-state index in [0.717, 1.165) is 16.3 Å². The van der Waals surface area contributed by atoms with Gasteiger partial charge in [0.15, 0.2) is 6.61 Å². The number of carbonyl (C=O) groups is 1. The van der Waals surface area contributed by atoms with Crippen LogP contribution in [0.4, 0.5) is 11.4 Å². The first kappa shape index (κ1) is 11.9. The molecule has 0 amide bonds. The van der Waals surface area contributed by atoms with Gasteiger partial charge in [0, 0.05) is 15.9 Å². The monoisotopic (exact) mass is 273 g/mol. The summed E-state index contributed by atoms with van der Waals surface area (Å²) in [6.45, 7) is -0.331. The van der Waals surface area contributed by atoms with Crippen molar-refractivity contribution in [3.8, 4) is 5.75 Å². The summed E-state index contributed by atoms with van der Waals surface area (Å²) < 4.78 is 5.17. The number of benzene rings is 2. The zero-order valence-electron chi connectivity index (χ0n) is 9.92.